The Labute approximate surface area is 98.5 Å². The van der Waals surface area contributed by atoms with Crippen LogP contribution < -0.4 is 0 Å². The third-order valence-corrected chi connectivity index (χ3v) is 3.53. The van der Waals surface area contributed by atoms with Gasteiger partial charge in [-0.25, -0.2) is 0 Å². The Kier molecular flexibility index (Phi) is 3.65. The summed E-state index contributed by atoms with van der Waals surface area (Å²) in [6.07, 6.45) is 4.60. The lowest BCUT2D eigenvalue weighted by Gasteiger charge is -2.12. The maximum absolute atomic E-state index is 10.0. The van der Waals surface area contributed by atoms with Crippen LogP contribution in [-0.2, 0) is 0 Å². The fourth-order valence-electron chi connectivity index (χ4n) is 2.07. The maximum Gasteiger partial charge on any atom is 0.0790 e. The van der Waals surface area contributed by atoms with Gasteiger partial charge in [-0.2, -0.15) is 0 Å². The highest BCUT2D eigenvalue weighted by Crippen LogP contribution is 2.35. The normalized spacial score (nSPS) is 17.8. The van der Waals surface area contributed by atoms with Gasteiger partial charge in [0.15, 0.2) is 0 Å². The molecule has 0 saturated heterocycles. The number of rotatable bonds is 5. The molecule has 1 fully saturated rings. The molecule has 1 heteroatoms. The van der Waals surface area contributed by atoms with Crippen LogP contribution in [0.5, 0.6) is 0 Å². The third-order valence-electron chi connectivity index (χ3n) is 3.53. The number of hydrogen-bond donors (Lipinski definition) is 1. The molecule has 1 N–H and O–H groups in total. The van der Waals surface area contributed by atoms with Gasteiger partial charge in [-0.1, -0.05) is 51.0 Å². The van der Waals surface area contributed by atoms with Crippen LogP contribution in [0, 0.1) is 5.92 Å². The van der Waals surface area contributed by atoms with Gasteiger partial charge in [-0.15, -0.1) is 0 Å². The quantitative estimate of drug-likeness (QED) is 0.791. The zero-order chi connectivity index (χ0) is 11.5. The van der Waals surface area contributed by atoms with Crippen molar-refractivity contribution in [1.29, 1.82) is 0 Å². The molecule has 1 atom stereocenters. The van der Waals surface area contributed by atoms with Crippen molar-refractivity contribution in [3.63, 3.8) is 0 Å². The Morgan fingerprint density at radius 3 is 2.19 bits per heavy atom. The number of hydrogen-bond acceptors (Lipinski definition) is 1. The summed E-state index contributed by atoms with van der Waals surface area (Å²) in [6, 6.07) is 8.43. The predicted octanol–water partition coefficient (Wildman–Crippen LogP) is 4.03. The molecule has 0 bridgehead atoms. The van der Waals surface area contributed by atoms with Crippen molar-refractivity contribution in [1.82, 2.24) is 0 Å². The smallest absolute Gasteiger partial charge is 0.0790 e. The van der Waals surface area contributed by atoms with E-state index in [4.69, 9.17) is 0 Å². The van der Waals surface area contributed by atoms with Crippen molar-refractivity contribution in [2.24, 2.45) is 5.92 Å². The Bertz CT molecular complexity index is 322. The monoisotopic (exact) mass is 218 g/mol. The van der Waals surface area contributed by atoms with Crippen LogP contribution in [0.2, 0.25) is 0 Å². The van der Waals surface area contributed by atoms with Crippen LogP contribution in [0.25, 0.3) is 0 Å². The van der Waals surface area contributed by atoms with Crippen LogP contribution >= 0.6 is 0 Å². The molecule has 0 spiro atoms. The zero-order valence-corrected chi connectivity index (χ0v) is 10.3. The molecule has 0 radical (unpaired) electrons. The van der Waals surface area contributed by atoms with E-state index in [1.165, 1.54) is 24.8 Å². The molecule has 0 amide bonds. The SMILES string of the molecule is CC(C)c1ccc(C(O)CCC2CC2)cc1. The maximum atomic E-state index is 10.0. The van der Waals surface area contributed by atoms with Gasteiger partial charge in [-0.05, 0) is 35.8 Å². The topological polar surface area (TPSA) is 20.2 Å². The van der Waals surface area contributed by atoms with Gasteiger partial charge < -0.3 is 5.11 Å². The van der Waals surface area contributed by atoms with Crippen LogP contribution in [0.4, 0.5) is 0 Å². The van der Waals surface area contributed by atoms with Crippen LogP contribution in [0.15, 0.2) is 24.3 Å². The van der Waals surface area contributed by atoms with Crippen molar-refractivity contribution in [2.75, 3.05) is 0 Å². The molecule has 1 unspecified atom stereocenters. The van der Waals surface area contributed by atoms with Crippen LogP contribution in [0.3, 0.4) is 0 Å². The van der Waals surface area contributed by atoms with E-state index in [9.17, 15) is 5.11 Å². The largest absolute Gasteiger partial charge is 0.388 e. The van der Waals surface area contributed by atoms with Crippen molar-refractivity contribution >= 4 is 0 Å². The first-order valence-corrected chi connectivity index (χ1v) is 6.44. The minimum absolute atomic E-state index is 0.262. The predicted molar refractivity (Wildman–Crippen MR) is 67.4 cm³/mol. The van der Waals surface area contributed by atoms with Crippen molar-refractivity contribution < 1.29 is 5.11 Å². The third kappa shape index (κ3) is 3.08. The van der Waals surface area contributed by atoms with E-state index in [1.54, 1.807) is 0 Å². The standard InChI is InChI=1S/C15H22O/c1-11(2)13-6-8-14(9-7-13)15(16)10-5-12-3-4-12/h6-9,11-12,15-16H,3-5,10H2,1-2H3. The fraction of sp³-hybridized carbons (Fsp3) is 0.600. The molecule has 1 aliphatic rings. The molecule has 2 rings (SSSR count). The Morgan fingerprint density at radius 2 is 1.69 bits per heavy atom. The Hall–Kier alpha value is -0.820. The minimum Gasteiger partial charge on any atom is -0.388 e. The van der Waals surface area contributed by atoms with Gasteiger partial charge in [0.1, 0.15) is 0 Å². The summed E-state index contributed by atoms with van der Waals surface area (Å²) in [5.74, 6) is 1.47. The molecule has 1 aromatic carbocycles. The molecule has 1 aromatic rings. The summed E-state index contributed by atoms with van der Waals surface area (Å²) in [7, 11) is 0. The van der Waals surface area contributed by atoms with Gasteiger partial charge in [0, 0.05) is 0 Å². The van der Waals surface area contributed by atoms with E-state index < -0.39 is 0 Å². The molecule has 0 heterocycles. The van der Waals surface area contributed by atoms with E-state index in [2.05, 4.69) is 38.1 Å². The van der Waals surface area contributed by atoms with Crippen molar-refractivity contribution in [2.45, 2.75) is 51.6 Å². The van der Waals surface area contributed by atoms with Gasteiger partial charge in [0.05, 0.1) is 6.10 Å². The second-order valence-electron chi connectivity index (χ2n) is 5.36. The van der Waals surface area contributed by atoms with Gasteiger partial charge in [-0.3, -0.25) is 0 Å². The number of benzene rings is 1. The highest BCUT2D eigenvalue weighted by atomic mass is 16.3. The fourth-order valence-corrected chi connectivity index (χ4v) is 2.07. The molecular weight excluding hydrogens is 196 g/mol. The molecule has 1 nitrogen and oxygen atoms in total. The molecule has 1 saturated carbocycles. The zero-order valence-electron chi connectivity index (χ0n) is 10.3. The van der Waals surface area contributed by atoms with E-state index in [1.807, 2.05) is 0 Å². The summed E-state index contributed by atoms with van der Waals surface area (Å²) in [6.45, 7) is 4.39. The molecule has 88 valence electrons. The lowest BCUT2D eigenvalue weighted by Crippen LogP contribution is -1.98. The molecular formula is C15H22O. The van der Waals surface area contributed by atoms with E-state index in [-0.39, 0.29) is 6.10 Å². The molecule has 0 aliphatic heterocycles. The lowest BCUT2D eigenvalue weighted by atomic mass is 9.98. The highest BCUT2D eigenvalue weighted by molar-refractivity contribution is 5.26. The van der Waals surface area contributed by atoms with Crippen molar-refractivity contribution in [3.8, 4) is 0 Å². The number of aliphatic hydroxyl groups excluding tert-OH is 1. The van der Waals surface area contributed by atoms with Gasteiger partial charge in [0.25, 0.3) is 0 Å². The van der Waals surface area contributed by atoms with E-state index in [0.29, 0.717) is 5.92 Å². The molecule has 1 aliphatic carbocycles. The molecule has 16 heavy (non-hydrogen) atoms. The summed E-state index contributed by atoms with van der Waals surface area (Å²) in [4.78, 5) is 0. The summed E-state index contributed by atoms with van der Waals surface area (Å²) in [5.41, 5.74) is 2.42. The lowest BCUT2D eigenvalue weighted by molar-refractivity contribution is 0.162. The molecule has 0 aromatic heterocycles. The summed E-state index contributed by atoms with van der Waals surface area (Å²) < 4.78 is 0. The highest BCUT2D eigenvalue weighted by Gasteiger charge is 2.22. The Morgan fingerprint density at radius 1 is 1.12 bits per heavy atom. The first kappa shape index (κ1) is 11.7. The number of aliphatic hydroxyl groups is 1. The average Bonchev–Trinajstić information content (AvgIpc) is 3.10. The van der Waals surface area contributed by atoms with Crippen LogP contribution in [0.1, 0.15) is 62.7 Å². The first-order chi connectivity index (χ1) is 7.66. The first-order valence-electron chi connectivity index (χ1n) is 6.44. The summed E-state index contributed by atoms with van der Waals surface area (Å²) >= 11 is 0. The Balaban J connectivity index is 1.91. The van der Waals surface area contributed by atoms with Gasteiger partial charge in [0.2, 0.25) is 0 Å². The second kappa shape index (κ2) is 5.01. The minimum atomic E-state index is -0.262. The van der Waals surface area contributed by atoms with Crippen LogP contribution in [-0.4, -0.2) is 5.11 Å². The van der Waals surface area contributed by atoms with Gasteiger partial charge >= 0.3 is 0 Å². The average molecular weight is 218 g/mol. The van der Waals surface area contributed by atoms with Crippen molar-refractivity contribution in [3.05, 3.63) is 35.4 Å². The van der Waals surface area contributed by atoms with E-state index >= 15 is 0 Å². The second-order valence-corrected chi connectivity index (χ2v) is 5.36. The summed E-state index contributed by atoms with van der Waals surface area (Å²) in [5, 5.41) is 10.0. The van der Waals surface area contributed by atoms with E-state index in [0.717, 1.165) is 17.9 Å².